The van der Waals surface area contributed by atoms with E-state index in [0.29, 0.717) is 16.3 Å². The van der Waals surface area contributed by atoms with Gasteiger partial charge in [-0.25, -0.2) is 9.89 Å². The molecule has 116 valence electrons. The fourth-order valence-corrected chi connectivity index (χ4v) is 2.11. The van der Waals surface area contributed by atoms with E-state index in [1.165, 1.54) is 16.8 Å². The van der Waals surface area contributed by atoms with Gasteiger partial charge < -0.3 is 5.11 Å². The highest BCUT2D eigenvalue weighted by molar-refractivity contribution is 7.71. The van der Waals surface area contributed by atoms with Crippen molar-refractivity contribution in [2.24, 2.45) is 5.10 Å². The molecule has 0 saturated heterocycles. The minimum Gasteiger partial charge on any atom is -0.478 e. The summed E-state index contributed by atoms with van der Waals surface area (Å²) in [6.45, 7) is 1.88. The third-order valence-corrected chi connectivity index (χ3v) is 3.33. The molecule has 9 heteroatoms. The molecule has 0 amide bonds. The average molecular weight is 328 g/mol. The molecule has 23 heavy (non-hydrogen) atoms. The molecule has 3 aromatic rings. The highest BCUT2D eigenvalue weighted by Gasteiger charge is 2.11. The van der Waals surface area contributed by atoms with Gasteiger partial charge in [0.2, 0.25) is 10.6 Å². The van der Waals surface area contributed by atoms with Gasteiger partial charge in [-0.15, -0.1) is 0 Å². The molecule has 0 aliphatic heterocycles. The van der Waals surface area contributed by atoms with Gasteiger partial charge in [0.05, 0.1) is 11.8 Å². The molecular weight excluding hydrogens is 316 g/mol. The number of aromatic amines is 2. The van der Waals surface area contributed by atoms with Crippen LogP contribution in [0.2, 0.25) is 0 Å². The maximum Gasteiger partial charge on any atom is 0.335 e. The summed E-state index contributed by atoms with van der Waals surface area (Å²) >= 11 is 5.17. The first-order chi connectivity index (χ1) is 11.0. The summed E-state index contributed by atoms with van der Waals surface area (Å²) in [4.78, 5) is 10.8. The van der Waals surface area contributed by atoms with E-state index in [1.54, 1.807) is 18.3 Å². The normalized spacial score (nSPS) is 11.2. The molecule has 0 saturated carbocycles. The van der Waals surface area contributed by atoms with E-state index in [-0.39, 0.29) is 5.56 Å². The number of aromatic carboxylic acids is 1. The Hall–Kier alpha value is -3.07. The van der Waals surface area contributed by atoms with Crippen LogP contribution >= 0.6 is 12.2 Å². The average Bonchev–Trinajstić information content (AvgIpc) is 3.11. The van der Waals surface area contributed by atoms with Crippen LogP contribution in [0.5, 0.6) is 0 Å². The molecule has 0 radical (unpaired) electrons. The molecule has 0 aliphatic rings. The fourth-order valence-electron chi connectivity index (χ4n) is 1.93. The molecular formula is C14H12N6O2S. The summed E-state index contributed by atoms with van der Waals surface area (Å²) < 4.78 is 1.79. The monoisotopic (exact) mass is 328 g/mol. The van der Waals surface area contributed by atoms with Gasteiger partial charge in [0.1, 0.15) is 5.69 Å². The van der Waals surface area contributed by atoms with E-state index in [2.05, 4.69) is 25.5 Å². The number of carboxylic acid groups (broad SMARTS) is 1. The van der Waals surface area contributed by atoms with Crippen LogP contribution in [0, 0.1) is 11.7 Å². The maximum atomic E-state index is 10.8. The van der Waals surface area contributed by atoms with E-state index in [4.69, 9.17) is 17.3 Å². The molecule has 1 aromatic carbocycles. The number of benzene rings is 1. The second kappa shape index (κ2) is 5.97. The molecule has 0 unspecified atom stereocenters. The zero-order chi connectivity index (χ0) is 16.4. The summed E-state index contributed by atoms with van der Waals surface area (Å²) in [7, 11) is 0. The van der Waals surface area contributed by atoms with Gasteiger partial charge in [0.25, 0.3) is 0 Å². The maximum absolute atomic E-state index is 10.8. The molecule has 3 rings (SSSR count). The number of hydrogen-bond donors (Lipinski definition) is 3. The largest absolute Gasteiger partial charge is 0.478 e. The molecule has 0 fully saturated rings. The second-order valence-electron chi connectivity index (χ2n) is 4.77. The van der Waals surface area contributed by atoms with E-state index in [0.717, 1.165) is 11.3 Å². The van der Waals surface area contributed by atoms with Crippen molar-refractivity contribution in [2.45, 2.75) is 6.92 Å². The van der Waals surface area contributed by atoms with Gasteiger partial charge in [-0.2, -0.15) is 20.0 Å². The Morgan fingerprint density at radius 2 is 2.04 bits per heavy atom. The number of carboxylic acids is 1. The SMILES string of the molecule is Cc1cc(-c2n[nH]c(=S)n2/N=C/c2ccc(C(=O)O)cc2)n[nH]1. The lowest BCUT2D eigenvalue weighted by molar-refractivity contribution is 0.0697. The summed E-state index contributed by atoms with van der Waals surface area (Å²) in [6, 6.07) is 8.18. The van der Waals surface area contributed by atoms with E-state index in [1.807, 2.05) is 13.0 Å². The Balaban J connectivity index is 1.92. The Morgan fingerprint density at radius 1 is 1.30 bits per heavy atom. The summed E-state index contributed by atoms with van der Waals surface area (Å²) in [6.07, 6.45) is 1.57. The van der Waals surface area contributed by atoms with Gasteiger partial charge >= 0.3 is 5.97 Å². The van der Waals surface area contributed by atoms with Crippen LogP contribution in [0.25, 0.3) is 11.5 Å². The van der Waals surface area contributed by atoms with Crippen molar-refractivity contribution in [2.75, 3.05) is 0 Å². The Kier molecular flexibility index (Phi) is 3.85. The molecule has 2 aromatic heterocycles. The van der Waals surface area contributed by atoms with Crippen molar-refractivity contribution in [3.8, 4) is 11.5 Å². The van der Waals surface area contributed by atoms with Crippen molar-refractivity contribution in [1.82, 2.24) is 25.1 Å². The summed E-state index contributed by atoms with van der Waals surface area (Å²) in [5.74, 6) is -0.487. The first kappa shape index (κ1) is 14.9. The number of nitrogens with zero attached hydrogens (tertiary/aromatic N) is 4. The number of aryl methyl sites for hydroxylation is 1. The molecule has 0 spiro atoms. The smallest absolute Gasteiger partial charge is 0.335 e. The Bertz CT molecular complexity index is 935. The van der Waals surface area contributed by atoms with E-state index in [9.17, 15) is 4.79 Å². The highest BCUT2D eigenvalue weighted by Crippen LogP contribution is 2.15. The Labute approximate surface area is 135 Å². The molecule has 8 nitrogen and oxygen atoms in total. The van der Waals surface area contributed by atoms with Crippen LogP contribution in [0.1, 0.15) is 21.6 Å². The topological polar surface area (TPSA) is 112 Å². The zero-order valence-corrected chi connectivity index (χ0v) is 12.8. The summed E-state index contributed by atoms with van der Waals surface area (Å²) in [5.41, 5.74) is 2.47. The number of carbonyl (C=O) groups is 1. The minimum atomic E-state index is -0.971. The van der Waals surface area contributed by atoms with Crippen molar-refractivity contribution in [3.63, 3.8) is 0 Å². The van der Waals surface area contributed by atoms with Gasteiger partial charge in [0.15, 0.2) is 0 Å². The number of aromatic nitrogens is 5. The first-order valence-corrected chi connectivity index (χ1v) is 7.03. The van der Waals surface area contributed by atoms with Crippen LogP contribution < -0.4 is 0 Å². The molecule has 0 aliphatic carbocycles. The number of nitrogens with one attached hydrogen (secondary N) is 2. The molecule has 0 bridgehead atoms. The predicted molar refractivity (Wildman–Crippen MR) is 86.1 cm³/mol. The molecule has 3 N–H and O–H groups in total. The van der Waals surface area contributed by atoms with Gasteiger partial charge in [-0.1, -0.05) is 12.1 Å². The van der Waals surface area contributed by atoms with Crippen LogP contribution in [-0.2, 0) is 0 Å². The van der Waals surface area contributed by atoms with Crippen molar-refractivity contribution in [3.05, 3.63) is 51.9 Å². The van der Waals surface area contributed by atoms with Crippen molar-refractivity contribution < 1.29 is 9.90 Å². The van der Waals surface area contributed by atoms with Crippen LogP contribution in [0.4, 0.5) is 0 Å². The fraction of sp³-hybridized carbons (Fsp3) is 0.0714. The number of H-pyrrole nitrogens is 2. The quantitative estimate of drug-likeness (QED) is 0.502. The van der Waals surface area contributed by atoms with E-state index < -0.39 is 5.97 Å². The second-order valence-corrected chi connectivity index (χ2v) is 5.16. The van der Waals surface area contributed by atoms with Gasteiger partial charge in [-0.3, -0.25) is 5.10 Å². The van der Waals surface area contributed by atoms with Crippen LogP contribution in [0.3, 0.4) is 0 Å². The van der Waals surface area contributed by atoms with Crippen molar-refractivity contribution >= 4 is 24.4 Å². The minimum absolute atomic E-state index is 0.217. The van der Waals surface area contributed by atoms with Gasteiger partial charge in [0, 0.05) is 5.69 Å². The molecule has 2 heterocycles. The molecule has 0 atom stereocenters. The lowest BCUT2D eigenvalue weighted by Gasteiger charge is -1.98. The van der Waals surface area contributed by atoms with Crippen LogP contribution in [0.15, 0.2) is 35.4 Å². The lowest BCUT2D eigenvalue weighted by Crippen LogP contribution is -1.97. The third kappa shape index (κ3) is 3.09. The lowest BCUT2D eigenvalue weighted by atomic mass is 10.1. The third-order valence-electron chi connectivity index (χ3n) is 3.07. The number of hydrogen-bond acceptors (Lipinski definition) is 5. The summed E-state index contributed by atoms with van der Waals surface area (Å²) in [5, 5.41) is 26.9. The predicted octanol–water partition coefficient (Wildman–Crippen LogP) is 2.22. The Morgan fingerprint density at radius 3 is 2.65 bits per heavy atom. The zero-order valence-electron chi connectivity index (χ0n) is 12.0. The standard InChI is InChI=1S/C14H12N6O2S/c1-8-6-11(17-16-8)12-18-19-14(23)20(12)15-7-9-2-4-10(5-3-9)13(21)22/h2-7H,1H3,(H,16,17)(H,19,23)(H,21,22)/b15-7+. The first-order valence-electron chi connectivity index (χ1n) is 6.62. The van der Waals surface area contributed by atoms with Crippen molar-refractivity contribution in [1.29, 1.82) is 0 Å². The van der Waals surface area contributed by atoms with E-state index >= 15 is 0 Å². The van der Waals surface area contributed by atoms with Crippen LogP contribution in [-0.4, -0.2) is 42.4 Å². The number of rotatable bonds is 4. The van der Waals surface area contributed by atoms with Gasteiger partial charge in [-0.05, 0) is 42.9 Å². The highest BCUT2D eigenvalue weighted by atomic mass is 32.1.